The van der Waals surface area contributed by atoms with Crippen LogP contribution in [0.3, 0.4) is 0 Å². The average Bonchev–Trinajstić information content (AvgIpc) is 2.67. The molecule has 4 rings (SSSR count). The van der Waals surface area contributed by atoms with E-state index in [4.69, 9.17) is 9.72 Å². The maximum absolute atomic E-state index is 9.34. The van der Waals surface area contributed by atoms with Crippen LogP contribution in [0.15, 0.2) is 42.9 Å². The molecule has 0 saturated carbocycles. The Hall–Kier alpha value is -3.02. The fraction of sp³-hybridized carbons (Fsp3) is 0.263. The van der Waals surface area contributed by atoms with Gasteiger partial charge in [-0.25, -0.2) is 15.0 Å². The van der Waals surface area contributed by atoms with E-state index in [0.29, 0.717) is 12.5 Å². The molecule has 3 aromatic rings. The molecule has 0 unspecified atom stereocenters. The topological polar surface area (TPSA) is 81.0 Å². The summed E-state index contributed by atoms with van der Waals surface area (Å²) in [6, 6.07) is 7.45. The minimum absolute atomic E-state index is 0.224. The fourth-order valence-electron chi connectivity index (χ4n) is 3.10. The van der Waals surface area contributed by atoms with Crippen molar-refractivity contribution in [2.75, 3.05) is 0 Å². The van der Waals surface area contributed by atoms with Crippen LogP contribution in [-0.2, 0) is 19.4 Å². The third-order valence-electron chi connectivity index (χ3n) is 4.32. The van der Waals surface area contributed by atoms with Crippen LogP contribution in [0.4, 0.5) is 0 Å². The van der Waals surface area contributed by atoms with E-state index < -0.39 is 0 Å². The zero-order chi connectivity index (χ0) is 17.1. The zero-order valence-corrected chi connectivity index (χ0v) is 13.7. The van der Waals surface area contributed by atoms with Gasteiger partial charge in [-0.1, -0.05) is 6.07 Å². The number of aryl methyl sites for hydroxylation is 1. The lowest BCUT2D eigenvalue weighted by atomic mass is 9.90. The quantitative estimate of drug-likeness (QED) is 0.789. The first-order valence-corrected chi connectivity index (χ1v) is 8.36. The summed E-state index contributed by atoms with van der Waals surface area (Å²) in [5.74, 6) is 0.578. The van der Waals surface area contributed by atoms with Gasteiger partial charge in [0.2, 0.25) is 5.88 Å². The molecule has 0 bridgehead atoms. The Kier molecular flexibility index (Phi) is 4.24. The van der Waals surface area contributed by atoms with Gasteiger partial charge in [-0.2, -0.15) is 0 Å². The van der Waals surface area contributed by atoms with E-state index in [1.165, 1.54) is 5.56 Å². The molecule has 0 aromatic carbocycles. The standard InChI is InChI=1S/C19H18N4O2/c24-19-21-10-13(11-22-19)16-9-18(23-17-7-2-1-6-15(16)17)25-12-14-5-3-4-8-20-14/h3-5,8-11H,1-2,6-7,12H2,(H,21,22,24). The first-order chi connectivity index (χ1) is 12.3. The van der Waals surface area contributed by atoms with Gasteiger partial charge in [0.25, 0.3) is 0 Å². The molecule has 0 atom stereocenters. The van der Waals surface area contributed by atoms with Crippen LogP contribution >= 0.6 is 0 Å². The molecule has 1 aliphatic rings. The van der Waals surface area contributed by atoms with Gasteiger partial charge in [0, 0.05) is 35.9 Å². The second-order valence-electron chi connectivity index (χ2n) is 6.02. The van der Waals surface area contributed by atoms with Gasteiger partial charge in [-0.05, 0) is 48.9 Å². The summed E-state index contributed by atoms with van der Waals surface area (Å²) in [5, 5.41) is 9.34. The number of hydrogen-bond acceptors (Lipinski definition) is 6. The first-order valence-electron chi connectivity index (χ1n) is 8.36. The van der Waals surface area contributed by atoms with E-state index in [1.54, 1.807) is 18.6 Å². The highest BCUT2D eigenvalue weighted by Crippen LogP contribution is 2.33. The van der Waals surface area contributed by atoms with Crippen LogP contribution in [0.2, 0.25) is 0 Å². The molecule has 25 heavy (non-hydrogen) atoms. The summed E-state index contributed by atoms with van der Waals surface area (Å²) < 4.78 is 5.88. The van der Waals surface area contributed by atoms with E-state index >= 15 is 0 Å². The minimum Gasteiger partial charge on any atom is -0.479 e. The van der Waals surface area contributed by atoms with Crippen molar-refractivity contribution in [2.24, 2.45) is 0 Å². The molecule has 0 radical (unpaired) electrons. The number of aromatic nitrogens is 4. The molecule has 126 valence electrons. The Bertz CT molecular complexity index is 867. The van der Waals surface area contributed by atoms with E-state index in [2.05, 4.69) is 15.0 Å². The predicted molar refractivity (Wildman–Crippen MR) is 92.1 cm³/mol. The highest BCUT2D eigenvalue weighted by Gasteiger charge is 2.18. The summed E-state index contributed by atoms with van der Waals surface area (Å²) in [6.07, 6.45) is 9.23. The van der Waals surface area contributed by atoms with E-state index in [0.717, 1.165) is 48.2 Å². The Morgan fingerprint density at radius 3 is 2.68 bits per heavy atom. The number of aromatic hydroxyl groups is 1. The SMILES string of the molecule is Oc1ncc(-c2cc(OCc3ccccn3)nc3c2CCCC3)cn1. The largest absolute Gasteiger partial charge is 0.479 e. The summed E-state index contributed by atoms with van der Waals surface area (Å²) in [7, 11) is 0. The lowest BCUT2D eigenvalue weighted by Gasteiger charge is -2.20. The second kappa shape index (κ2) is 6.84. The average molecular weight is 334 g/mol. The Labute approximate surface area is 145 Å². The third kappa shape index (κ3) is 3.42. The summed E-state index contributed by atoms with van der Waals surface area (Å²) in [4.78, 5) is 16.8. The van der Waals surface area contributed by atoms with Gasteiger partial charge in [-0.3, -0.25) is 4.98 Å². The molecule has 0 spiro atoms. The molecule has 0 aliphatic heterocycles. The van der Waals surface area contributed by atoms with Crippen molar-refractivity contribution in [3.63, 3.8) is 0 Å². The van der Waals surface area contributed by atoms with Crippen LogP contribution in [0.1, 0.15) is 29.8 Å². The van der Waals surface area contributed by atoms with Gasteiger partial charge >= 0.3 is 6.01 Å². The van der Waals surface area contributed by atoms with Crippen LogP contribution in [0, 0.1) is 0 Å². The summed E-state index contributed by atoms with van der Waals surface area (Å²) >= 11 is 0. The normalized spacial score (nSPS) is 13.3. The highest BCUT2D eigenvalue weighted by atomic mass is 16.5. The molecule has 6 heteroatoms. The number of hydrogen-bond donors (Lipinski definition) is 1. The van der Waals surface area contributed by atoms with Gasteiger partial charge in [0.05, 0.1) is 5.69 Å². The molecule has 6 nitrogen and oxygen atoms in total. The van der Waals surface area contributed by atoms with Crippen molar-refractivity contribution < 1.29 is 9.84 Å². The lowest BCUT2D eigenvalue weighted by Crippen LogP contribution is -2.09. The number of pyridine rings is 2. The van der Waals surface area contributed by atoms with Crippen LogP contribution in [0.5, 0.6) is 11.9 Å². The van der Waals surface area contributed by atoms with E-state index in [-0.39, 0.29) is 6.01 Å². The Balaban J connectivity index is 1.68. The molecule has 3 aromatic heterocycles. The van der Waals surface area contributed by atoms with Gasteiger partial charge in [-0.15, -0.1) is 0 Å². The number of rotatable bonds is 4. The van der Waals surface area contributed by atoms with Crippen molar-refractivity contribution in [3.05, 3.63) is 59.8 Å². The molecule has 1 aliphatic carbocycles. The summed E-state index contributed by atoms with van der Waals surface area (Å²) in [6.45, 7) is 0.373. The molecule has 0 amide bonds. The fourth-order valence-corrected chi connectivity index (χ4v) is 3.10. The van der Waals surface area contributed by atoms with Crippen molar-refractivity contribution in [1.82, 2.24) is 19.9 Å². The smallest absolute Gasteiger partial charge is 0.313 e. The van der Waals surface area contributed by atoms with Crippen molar-refractivity contribution >= 4 is 0 Å². The van der Waals surface area contributed by atoms with Crippen molar-refractivity contribution in [2.45, 2.75) is 32.3 Å². The molecular weight excluding hydrogens is 316 g/mol. The van der Waals surface area contributed by atoms with Gasteiger partial charge in [0.15, 0.2) is 0 Å². The molecule has 0 fully saturated rings. The number of ether oxygens (including phenoxy) is 1. The number of fused-ring (bicyclic) bond motifs is 1. The maximum Gasteiger partial charge on any atom is 0.313 e. The van der Waals surface area contributed by atoms with Crippen LogP contribution < -0.4 is 4.74 Å². The van der Waals surface area contributed by atoms with E-state index in [9.17, 15) is 5.11 Å². The molecule has 1 N–H and O–H groups in total. The minimum atomic E-state index is -0.224. The first kappa shape index (κ1) is 15.5. The van der Waals surface area contributed by atoms with Crippen molar-refractivity contribution in [1.29, 1.82) is 0 Å². The maximum atomic E-state index is 9.34. The van der Waals surface area contributed by atoms with E-state index in [1.807, 2.05) is 24.3 Å². The zero-order valence-electron chi connectivity index (χ0n) is 13.7. The second-order valence-corrected chi connectivity index (χ2v) is 6.02. The molecule has 3 heterocycles. The number of nitrogens with zero attached hydrogens (tertiary/aromatic N) is 4. The predicted octanol–water partition coefficient (Wildman–Crippen LogP) is 3.10. The van der Waals surface area contributed by atoms with Gasteiger partial charge in [0.1, 0.15) is 6.61 Å². The lowest BCUT2D eigenvalue weighted by molar-refractivity contribution is 0.288. The molecule has 0 saturated heterocycles. The van der Waals surface area contributed by atoms with Crippen LogP contribution in [-0.4, -0.2) is 25.0 Å². The Morgan fingerprint density at radius 2 is 1.88 bits per heavy atom. The summed E-state index contributed by atoms with van der Waals surface area (Å²) in [5.41, 5.74) is 5.05. The third-order valence-corrected chi connectivity index (χ3v) is 4.32. The van der Waals surface area contributed by atoms with Crippen molar-refractivity contribution in [3.8, 4) is 23.0 Å². The van der Waals surface area contributed by atoms with Crippen LogP contribution in [0.25, 0.3) is 11.1 Å². The Morgan fingerprint density at radius 1 is 1.04 bits per heavy atom. The van der Waals surface area contributed by atoms with Gasteiger partial charge < -0.3 is 9.84 Å². The monoisotopic (exact) mass is 334 g/mol. The molecular formula is C19H18N4O2. The highest BCUT2D eigenvalue weighted by molar-refractivity contribution is 5.68.